The number of rotatable bonds is 2. The maximum absolute atomic E-state index is 13.4. The van der Waals surface area contributed by atoms with Gasteiger partial charge in [-0.2, -0.15) is 0 Å². The summed E-state index contributed by atoms with van der Waals surface area (Å²) < 4.78 is 13.4. The summed E-state index contributed by atoms with van der Waals surface area (Å²) in [6, 6.07) is 10.1. The maximum Gasteiger partial charge on any atom is 0.124 e. The van der Waals surface area contributed by atoms with Crippen LogP contribution in [0.1, 0.15) is 12.6 Å². The summed E-state index contributed by atoms with van der Waals surface area (Å²) in [6.07, 6.45) is 2.44. The second kappa shape index (κ2) is 5.17. The zero-order valence-corrected chi connectivity index (χ0v) is 11.7. The summed E-state index contributed by atoms with van der Waals surface area (Å²) in [7, 11) is 0. The first kappa shape index (κ1) is 13.0. The van der Waals surface area contributed by atoms with Crippen molar-refractivity contribution in [3.63, 3.8) is 0 Å². The first-order chi connectivity index (χ1) is 9.70. The zero-order valence-electron chi connectivity index (χ0n) is 10.9. The van der Waals surface area contributed by atoms with Gasteiger partial charge in [0.25, 0.3) is 0 Å². The van der Waals surface area contributed by atoms with E-state index in [0.717, 1.165) is 23.4 Å². The average molecular weight is 287 g/mol. The lowest BCUT2D eigenvalue weighted by atomic mass is 10.0. The molecule has 2 aromatic heterocycles. The van der Waals surface area contributed by atoms with Gasteiger partial charge in [-0.1, -0.05) is 24.6 Å². The van der Waals surface area contributed by atoms with Crippen LogP contribution in [0.15, 0.2) is 42.6 Å². The van der Waals surface area contributed by atoms with E-state index in [9.17, 15) is 4.39 Å². The average Bonchev–Trinajstić information content (AvgIpc) is 2.48. The molecule has 2 nitrogen and oxygen atoms in total. The lowest BCUT2D eigenvalue weighted by Crippen LogP contribution is -1.97. The molecule has 3 rings (SSSR count). The van der Waals surface area contributed by atoms with Gasteiger partial charge in [0.1, 0.15) is 5.82 Å². The van der Waals surface area contributed by atoms with Crippen molar-refractivity contribution in [1.29, 1.82) is 0 Å². The molecule has 0 aliphatic heterocycles. The molecule has 0 saturated heterocycles. The van der Waals surface area contributed by atoms with Crippen molar-refractivity contribution in [3.05, 3.63) is 59.1 Å². The molecule has 0 amide bonds. The fraction of sp³-hybridized carbons (Fsp3) is 0.125. The molecule has 1 aromatic carbocycles. The summed E-state index contributed by atoms with van der Waals surface area (Å²) in [5, 5.41) is 1.12. The quantitative estimate of drug-likeness (QED) is 0.685. The number of pyridine rings is 2. The fourth-order valence-electron chi connectivity index (χ4n) is 2.27. The van der Waals surface area contributed by atoms with Gasteiger partial charge in [-0.25, -0.2) is 4.39 Å². The van der Waals surface area contributed by atoms with Crippen molar-refractivity contribution in [2.45, 2.75) is 13.3 Å². The smallest absolute Gasteiger partial charge is 0.124 e. The minimum Gasteiger partial charge on any atom is -0.256 e. The largest absolute Gasteiger partial charge is 0.256 e. The molecule has 20 heavy (non-hydrogen) atoms. The highest BCUT2D eigenvalue weighted by Crippen LogP contribution is 2.35. The highest BCUT2D eigenvalue weighted by atomic mass is 35.5. The SMILES string of the molecule is CCc1nc2ccc(F)cc2c(Cl)c1-c1ccccn1. The third kappa shape index (κ3) is 2.14. The number of fused-ring (bicyclic) bond motifs is 1. The number of hydrogen-bond acceptors (Lipinski definition) is 2. The topological polar surface area (TPSA) is 25.8 Å². The number of halogens is 2. The molecular weight excluding hydrogens is 275 g/mol. The molecule has 0 aliphatic rings. The highest BCUT2D eigenvalue weighted by Gasteiger charge is 2.15. The van der Waals surface area contributed by atoms with E-state index < -0.39 is 0 Å². The van der Waals surface area contributed by atoms with Gasteiger partial charge in [0.2, 0.25) is 0 Å². The lowest BCUT2D eigenvalue weighted by molar-refractivity contribution is 0.629. The van der Waals surface area contributed by atoms with Gasteiger partial charge in [-0.05, 0) is 36.8 Å². The van der Waals surface area contributed by atoms with E-state index in [4.69, 9.17) is 11.6 Å². The molecule has 0 atom stereocenters. The third-order valence-electron chi connectivity index (χ3n) is 3.21. The standard InChI is InChI=1S/C16H12ClFN2/c1-2-12-15(14-5-3-4-8-19-14)16(17)11-9-10(18)6-7-13(11)20-12/h3-9H,2H2,1H3. The first-order valence-corrected chi connectivity index (χ1v) is 6.77. The van der Waals surface area contributed by atoms with E-state index in [-0.39, 0.29) is 5.82 Å². The van der Waals surface area contributed by atoms with Crippen LogP contribution in [0.3, 0.4) is 0 Å². The van der Waals surface area contributed by atoms with Gasteiger partial charge in [0.05, 0.1) is 21.9 Å². The van der Waals surface area contributed by atoms with E-state index in [2.05, 4.69) is 9.97 Å². The Morgan fingerprint density at radius 3 is 2.75 bits per heavy atom. The van der Waals surface area contributed by atoms with Crippen LogP contribution in [0.25, 0.3) is 22.2 Å². The Morgan fingerprint density at radius 1 is 1.20 bits per heavy atom. The summed E-state index contributed by atoms with van der Waals surface area (Å²) in [5.41, 5.74) is 3.11. The Balaban J connectivity index is 2.38. The van der Waals surface area contributed by atoms with Crippen molar-refractivity contribution in [2.75, 3.05) is 0 Å². The molecule has 3 aromatic rings. The predicted octanol–water partition coefficient (Wildman–Crippen LogP) is 4.65. The summed E-state index contributed by atoms with van der Waals surface area (Å²) >= 11 is 6.49. The molecule has 4 heteroatoms. The molecule has 0 radical (unpaired) electrons. The predicted molar refractivity (Wildman–Crippen MR) is 79.3 cm³/mol. The second-order valence-corrected chi connectivity index (χ2v) is 4.86. The van der Waals surface area contributed by atoms with Gasteiger partial charge in [0.15, 0.2) is 0 Å². The van der Waals surface area contributed by atoms with E-state index >= 15 is 0 Å². The van der Waals surface area contributed by atoms with E-state index in [1.807, 2.05) is 25.1 Å². The lowest BCUT2D eigenvalue weighted by Gasteiger charge is -2.12. The number of aromatic nitrogens is 2. The molecule has 100 valence electrons. The van der Waals surface area contributed by atoms with Crippen LogP contribution in [0.4, 0.5) is 4.39 Å². The Morgan fingerprint density at radius 2 is 2.05 bits per heavy atom. The minimum absolute atomic E-state index is 0.322. The van der Waals surface area contributed by atoms with Gasteiger partial charge in [0, 0.05) is 17.1 Å². The van der Waals surface area contributed by atoms with Gasteiger partial charge >= 0.3 is 0 Å². The molecule has 0 aliphatic carbocycles. The summed E-state index contributed by atoms with van der Waals surface area (Å²) in [5.74, 6) is -0.322. The fourth-order valence-corrected chi connectivity index (χ4v) is 2.63. The van der Waals surface area contributed by atoms with Crippen LogP contribution < -0.4 is 0 Å². The molecule has 0 N–H and O–H groups in total. The maximum atomic E-state index is 13.4. The highest BCUT2D eigenvalue weighted by molar-refractivity contribution is 6.38. The Kier molecular flexibility index (Phi) is 3.36. The summed E-state index contributed by atoms with van der Waals surface area (Å²) in [4.78, 5) is 8.91. The zero-order chi connectivity index (χ0) is 14.1. The number of hydrogen-bond donors (Lipinski definition) is 0. The molecule has 0 bridgehead atoms. The third-order valence-corrected chi connectivity index (χ3v) is 3.61. The van der Waals surface area contributed by atoms with Crippen LogP contribution in [0, 0.1) is 5.82 Å². The van der Waals surface area contributed by atoms with Gasteiger partial charge < -0.3 is 0 Å². The Hall–Kier alpha value is -2.00. The van der Waals surface area contributed by atoms with Gasteiger partial charge in [-0.3, -0.25) is 9.97 Å². The van der Waals surface area contributed by atoms with Crippen LogP contribution >= 0.6 is 11.6 Å². The van der Waals surface area contributed by atoms with Crippen LogP contribution in [0.5, 0.6) is 0 Å². The molecule has 0 unspecified atom stereocenters. The van der Waals surface area contributed by atoms with Crippen LogP contribution in [-0.2, 0) is 6.42 Å². The second-order valence-electron chi connectivity index (χ2n) is 4.48. The molecular formula is C16H12ClFN2. The van der Waals surface area contributed by atoms with E-state index in [1.54, 1.807) is 12.3 Å². The number of nitrogens with zero attached hydrogens (tertiary/aromatic N) is 2. The van der Waals surface area contributed by atoms with Crippen LogP contribution in [0.2, 0.25) is 5.02 Å². The van der Waals surface area contributed by atoms with Crippen molar-refractivity contribution < 1.29 is 4.39 Å². The summed E-state index contributed by atoms with van der Waals surface area (Å²) in [6.45, 7) is 2.01. The van der Waals surface area contributed by atoms with Crippen molar-refractivity contribution in [2.24, 2.45) is 0 Å². The first-order valence-electron chi connectivity index (χ1n) is 6.39. The number of aryl methyl sites for hydroxylation is 1. The molecule has 2 heterocycles. The van der Waals surface area contributed by atoms with Gasteiger partial charge in [-0.15, -0.1) is 0 Å². The van der Waals surface area contributed by atoms with Crippen molar-refractivity contribution in [1.82, 2.24) is 9.97 Å². The Labute approximate surface area is 121 Å². The van der Waals surface area contributed by atoms with E-state index in [1.165, 1.54) is 12.1 Å². The van der Waals surface area contributed by atoms with Crippen molar-refractivity contribution >= 4 is 22.5 Å². The number of benzene rings is 1. The van der Waals surface area contributed by atoms with Crippen molar-refractivity contribution in [3.8, 4) is 11.3 Å². The van der Waals surface area contributed by atoms with Crippen LogP contribution in [-0.4, -0.2) is 9.97 Å². The molecule has 0 saturated carbocycles. The molecule has 0 fully saturated rings. The minimum atomic E-state index is -0.322. The normalized spacial score (nSPS) is 10.9. The monoisotopic (exact) mass is 286 g/mol. The molecule has 0 spiro atoms. The van der Waals surface area contributed by atoms with E-state index in [0.29, 0.717) is 15.9 Å². The Bertz CT molecular complexity index is 772.